The van der Waals surface area contributed by atoms with Gasteiger partial charge < -0.3 is 24.1 Å². The van der Waals surface area contributed by atoms with Crippen molar-refractivity contribution in [3.63, 3.8) is 0 Å². The number of nitrogens with one attached hydrogen (secondary N) is 1. The minimum atomic E-state index is -0.231. The Morgan fingerprint density at radius 2 is 1.90 bits per heavy atom. The van der Waals surface area contributed by atoms with Gasteiger partial charge in [-0.3, -0.25) is 9.59 Å². The first-order valence-electron chi connectivity index (χ1n) is 9.57. The molecule has 0 atom stereocenters. The van der Waals surface area contributed by atoms with Crippen LogP contribution in [0.1, 0.15) is 16.8 Å². The third-order valence-electron chi connectivity index (χ3n) is 4.92. The van der Waals surface area contributed by atoms with Crippen molar-refractivity contribution >= 4 is 11.6 Å². The van der Waals surface area contributed by atoms with E-state index < -0.39 is 0 Å². The molecule has 0 saturated heterocycles. The smallest absolute Gasteiger partial charge is 0.244 e. The van der Waals surface area contributed by atoms with Gasteiger partial charge in [-0.25, -0.2) is 0 Å². The fraction of sp³-hybridized carbons (Fsp3) is 0.217. The molecule has 2 aromatic carbocycles. The quantitative estimate of drug-likeness (QED) is 0.679. The van der Waals surface area contributed by atoms with E-state index in [-0.39, 0.29) is 37.0 Å². The Kier molecular flexibility index (Phi) is 5.43. The molecule has 1 N–H and O–H groups in total. The van der Waals surface area contributed by atoms with Gasteiger partial charge in [0.15, 0.2) is 17.2 Å². The lowest BCUT2D eigenvalue weighted by atomic mass is 10.1. The van der Waals surface area contributed by atoms with E-state index in [9.17, 15) is 9.59 Å². The number of aryl methyl sites for hydroxylation is 2. The van der Waals surface area contributed by atoms with Gasteiger partial charge >= 0.3 is 0 Å². The van der Waals surface area contributed by atoms with Crippen molar-refractivity contribution in [2.45, 2.75) is 27.0 Å². The number of fused-ring (bicyclic) bond motifs is 1. The highest BCUT2D eigenvalue weighted by Gasteiger charge is 2.15. The highest BCUT2D eigenvalue weighted by molar-refractivity contribution is 5.91. The second-order valence-corrected chi connectivity index (χ2v) is 7.10. The highest BCUT2D eigenvalue weighted by Crippen LogP contribution is 2.34. The van der Waals surface area contributed by atoms with Crippen LogP contribution < -0.4 is 25.0 Å². The zero-order valence-electron chi connectivity index (χ0n) is 16.8. The number of pyridine rings is 1. The molecule has 0 bridgehead atoms. The van der Waals surface area contributed by atoms with Crippen LogP contribution in [0.15, 0.2) is 59.5 Å². The first-order valence-corrected chi connectivity index (χ1v) is 9.57. The van der Waals surface area contributed by atoms with Crippen LogP contribution in [0.4, 0.5) is 5.69 Å². The van der Waals surface area contributed by atoms with Crippen LogP contribution in [0, 0.1) is 13.8 Å². The van der Waals surface area contributed by atoms with E-state index in [1.165, 1.54) is 6.07 Å². The molecule has 4 rings (SSSR count). The fourth-order valence-electron chi connectivity index (χ4n) is 3.19. The molecule has 0 radical (unpaired) electrons. The number of aromatic nitrogens is 1. The number of carbonyl (C=O) groups excluding carboxylic acids is 1. The van der Waals surface area contributed by atoms with E-state index in [0.29, 0.717) is 22.9 Å². The largest absolute Gasteiger partial charge is 0.483 e. The number of amides is 1. The summed E-state index contributed by atoms with van der Waals surface area (Å²) in [7, 11) is 0. The van der Waals surface area contributed by atoms with Crippen molar-refractivity contribution in [1.29, 1.82) is 0 Å². The van der Waals surface area contributed by atoms with Gasteiger partial charge in [-0.1, -0.05) is 24.3 Å². The van der Waals surface area contributed by atoms with E-state index in [1.807, 2.05) is 31.2 Å². The minimum Gasteiger partial charge on any atom is -0.483 e. The second-order valence-electron chi connectivity index (χ2n) is 7.10. The lowest BCUT2D eigenvalue weighted by Crippen LogP contribution is -2.22. The Balaban J connectivity index is 1.45. The van der Waals surface area contributed by atoms with Crippen LogP contribution in [0.2, 0.25) is 0 Å². The number of hydrogen-bond acceptors (Lipinski definition) is 5. The van der Waals surface area contributed by atoms with Gasteiger partial charge in [-0.2, -0.15) is 0 Å². The molecule has 1 aromatic heterocycles. The van der Waals surface area contributed by atoms with Gasteiger partial charge in [-0.05, 0) is 37.1 Å². The summed E-state index contributed by atoms with van der Waals surface area (Å²) in [5.74, 6) is 1.23. The first-order chi connectivity index (χ1) is 14.5. The van der Waals surface area contributed by atoms with Crippen molar-refractivity contribution in [3.8, 4) is 17.2 Å². The molecule has 3 aromatic rings. The average molecular weight is 406 g/mol. The lowest BCUT2D eigenvalue weighted by Gasteiger charge is -2.14. The molecule has 1 aliphatic heterocycles. The molecule has 0 unspecified atom stereocenters. The third kappa shape index (κ3) is 4.30. The Hall–Kier alpha value is -3.74. The zero-order chi connectivity index (χ0) is 21.1. The van der Waals surface area contributed by atoms with Gasteiger partial charge in [0.05, 0.1) is 6.20 Å². The second kappa shape index (κ2) is 8.32. The molecule has 1 aliphatic rings. The van der Waals surface area contributed by atoms with Crippen LogP contribution in [0.5, 0.6) is 17.2 Å². The van der Waals surface area contributed by atoms with Crippen molar-refractivity contribution in [2.75, 3.05) is 12.1 Å². The third-order valence-corrected chi connectivity index (χ3v) is 4.92. The van der Waals surface area contributed by atoms with Crippen molar-refractivity contribution < 1.29 is 19.0 Å². The van der Waals surface area contributed by atoms with Gasteiger partial charge in [0, 0.05) is 23.5 Å². The Labute approximate surface area is 173 Å². The topological polar surface area (TPSA) is 78.8 Å². The SMILES string of the molecule is Cc1ccccc1COc1cn(CC(=O)Nc2ccc3c(c2)OCO3)c(C)cc1=O. The van der Waals surface area contributed by atoms with E-state index in [2.05, 4.69) is 5.32 Å². The lowest BCUT2D eigenvalue weighted by molar-refractivity contribution is -0.116. The van der Waals surface area contributed by atoms with Crippen LogP contribution in [0.3, 0.4) is 0 Å². The maximum atomic E-state index is 12.5. The Morgan fingerprint density at radius 3 is 2.73 bits per heavy atom. The summed E-state index contributed by atoms with van der Waals surface area (Å²) in [5.41, 5.74) is 3.16. The summed E-state index contributed by atoms with van der Waals surface area (Å²) >= 11 is 0. The molecule has 1 amide bonds. The minimum absolute atomic E-state index is 0.0429. The van der Waals surface area contributed by atoms with Crippen molar-refractivity contribution in [1.82, 2.24) is 4.57 Å². The first kappa shape index (κ1) is 19.6. The predicted molar refractivity (Wildman–Crippen MR) is 112 cm³/mol. The highest BCUT2D eigenvalue weighted by atomic mass is 16.7. The van der Waals surface area contributed by atoms with Crippen LogP contribution in [-0.2, 0) is 17.9 Å². The summed E-state index contributed by atoms with van der Waals surface area (Å²) in [6, 6.07) is 14.5. The van der Waals surface area contributed by atoms with Crippen LogP contribution in [0.25, 0.3) is 0 Å². The predicted octanol–water partition coefficient (Wildman–Crippen LogP) is 3.41. The van der Waals surface area contributed by atoms with Gasteiger partial charge in [0.1, 0.15) is 13.2 Å². The summed E-state index contributed by atoms with van der Waals surface area (Å²) in [4.78, 5) is 24.9. The van der Waals surface area contributed by atoms with Gasteiger partial charge in [-0.15, -0.1) is 0 Å². The maximum Gasteiger partial charge on any atom is 0.244 e. The monoisotopic (exact) mass is 406 g/mol. The molecule has 30 heavy (non-hydrogen) atoms. The molecule has 7 nitrogen and oxygen atoms in total. The van der Waals surface area contributed by atoms with Crippen molar-refractivity contribution in [3.05, 3.63) is 81.8 Å². The standard InChI is InChI=1S/C23H22N2O5/c1-15-5-3-4-6-17(15)13-28-22-11-25(16(2)9-19(22)26)12-23(27)24-18-7-8-20-21(10-18)30-14-29-20/h3-11H,12-14H2,1-2H3,(H,24,27). The van der Waals surface area contributed by atoms with Gasteiger partial charge in [0.25, 0.3) is 0 Å². The number of carbonyl (C=O) groups is 1. The summed E-state index contributed by atoms with van der Waals surface area (Å²) in [6.45, 7) is 4.28. The van der Waals surface area contributed by atoms with E-state index in [4.69, 9.17) is 14.2 Å². The zero-order valence-corrected chi connectivity index (χ0v) is 16.8. The van der Waals surface area contributed by atoms with Gasteiger partial charge in [0.2, 0.25) is 18.1 Å². The Bertz CT molecular complexity index is 1150. The molecule has 0 saturated carbocycles. The molecular formula is C23H22N2O5. The molecule has 2 heterocycles. The normalized spacial score (nSPS) is 11.9. The number of benzene rings is 2. The molecule has 154 valence electrons. The number of hydrogen-bond donors (Lipinski definition) is 1. The van der Waals surface area contributed by atoms with E-state index in [1.54, 1.807) is 35.9 Å². The molecular weight excluding hydrogens is 384 g/mol. The molecule has 7 heteroatoms. The fourth-order valence-corrected chi connectivity index (χ4v) is 3.19. The molecule has 0 aliphatic carbocycles. The summed E-state index contributed by atoms with van der Waals surface area (Å²) < 4.78 is 18.0. The maximum absolute atomic E-state index is 12.5. The summed E-state index contributed by atoms with van der Waals surface area (Å²) in [5, 5.41) is 2.83. The van der Waals surface area contributed by atoms with E-state index in [0.717, 1.165) is 11.1 Å². The molecule has 0 spiro atoms. The van der Waals surface area contributed by atoms with E-state index >= 15 is 0 Å². The summed E-state index contributed by atoms with van der Waals surface area (Å²) in [6.07, 6.45) is 1.58. The number of anilines is 1. The average Bonchev–Trinajstić information content (AvgIpc) is 3.18. The molecule has 0 fully saturated rings. The van der Waals surface area contributed by atoms with Crippen LogP contribution in [-0.4, -0.2) is 17.3 Å². The number of ether oxygens (including phenoxy) is 3. The van der Waals surface area contributed by atoms with Crippen molar-refractivity contribution in [2.24, 2.45) is 0 Å². The number of nitrogens with zero attached hydrogens (tertiary/aromatic N) is 1. The Morgan fingerprint density at radius 1 is 1.10 bits per heavy atom. The number of rotatable bonds is 6. The van der Waals surface area contributed by atoms with Crippen LogP contribution >= 0.6 is 0 Å².